The molecule has 0 bridgehead atoms. The molecule has 4 nitrogen and oxygen atoms in total. The largest absolute Gasteiger partial charge is 0.240 e. The van der Waals surface area contributed by atoms with Crippen LogP contribution < -0.4 is 0 Å². The first-order valence-electron chi connectivity index (χ1n) is 4.49. The Labute approximate surface area is 87.4 Å². The van der Waals surface area contributed by atoms with E-state index in [9.17, 15) is 9.59 Å². The van der Waals surface area contributed by atoms with E-state index < -0.39 is 0 Å². The van der Waals surface area contributed by atoms with Crippen LogP contribution in [0.5, 0.6) is 0 Å². The molecule has 0 aromatic heterocycles. The number of isocyanates is 2. The summed E-state index contributed by atoms with van der Waals surface area (Å²) >= 11 is 0. The molecule has 1 aromatic rings. The number of hydrogen-bond acceptors (Lipinski definition) is 4. The number of para-hydroxylation sites is 1. The van der Waals surface area contributed by atoms with Crippen LogP contribution in [-0.2, 0) is 9.59 Å². The van der Waals surface area contributed by atoms with E-state index in [4.69, 9.17) is 0 Å². The van der Waals surface area contributed by atoms with Gasteiger partial charge in [0.15, 0.2) is 0 Å². The van der Waals surface area contributed by atoms with Crippen molar-refractivity contribution in [2.75, 3.05) is 0 Å². The van der Waals surface area contributed by atoms with Crippen molar-refractivity contribution in [3.8, 4) is 0 Å². The molecule has 0 unspecified atom stereocenters. The van der Waals surface area contributed by atoms with E-state index in [1.165, 1.54) is 12.2 Å². The number of carbonyl (C=O) groups excluding carboxylic acids is 2. The summed E-state index contributed by atoms with van der Waals surface area (Å²) in [7, 11) is 0. The standard InChI is InChI=1S/C11H10N2O2/c1-8(2)9-4-3-5-10(12-6-14)11(9)13-7-15/h3-5,8H,1-2H3. The maximum Gasteiger partial charge on any atom is 0.240 e. The van der Waals surface area contributed by atoms with Crippen molar-refractivity contribution in [2.45, 2.75) is 19.8 Å². The van der Waals surface area contributed by atoms with E-state index in [-0.39, 0.29) is 5.92 Å². The van der Waals surface area contributed by atoms with E-state index in [1.807, 2.05) is 19.9 Å². The third-order valence-electron chi connectivity index (χ3n) is 1.99. The van der Waals surface area contributed by atoms with E-state index in [2.05, 4.69) is 9.98 Å². The van der Waals surface area contributed by atoms with Gasteiger partial charge in [0.2, 0.25) is 12.2 Å². The normalized spacial score (nSPS) is 9.27. The van der Waals surface area contributed by atoms with Crippen LogP contribution in [0.3, 0.4) is 0 Å². The molecule has 15 heavy (non-hydrogen) atoms. The molecule has 0 saturated heterocycles. The smallest absolute Gasteiger partial charge is 0.211 e. The fourth-order valence-electron chi connectivity index (χ4n) is 1.32. The molecular weight excluding hydrogens is 192 g/mol. The lowest BCUT2D eigenvalue weighted by atomic mass is 10.0. The predicted octanol–water partition coefficient (Wildman–Crippen LogP) is 2.74. The van der Waals surface area contributed by atoms with Gasteiger partial charge in [-0.1, -0.05) is 26.0 Å². The SMILES string of the molecule is CC(C)c1cccc(N=C=O)c1N=C=O. The Morgan fingerprint density at radius 3 is 2.33 bits per heavy atom. The quantitative estimate of drug-likeness (QED) is 0.559. The minimum Gasteiger partial charge on any atom is -0.211 e. The van der Waals surface area contributed by atoms with Crippen LogP contribution >= 0.6 is 0 Å². The Hall–Kier alpha value is -2.02. The van der Waals surface area contributed by atoms with Crippen molar-refractivity contribution >= 4 is 23.5 Å². The van der Waals surface area contributed by atoms with Crippen LogP contribution in [0.4, 0.5) is 11.4 Å². The number of nitrogens with zero attached hydrogens (tertiary/aromatic N) is 2. The monoisotopic (exact) mass is 202 g/mol. The molecule has 0 radical (unpaired) electrons. The van der Waals surface area contributed by atoms with Gasteiger partial charge >= 0.3 is 0 Å². The molecule has 1 rings (SSSR count). The molecule has 0 amide bonds. The van der Waals surface area contributed by atoms with Gasteiger partial charge in [-0.15, -0.1) is 0 Å². The first kappa shape index (κ1) is 11.1. The lowest BCUT2D eigenvalue weighted by Gasteiger charge is -2.08. The van der Waals surface area contributed by atoms with Crippen molar-refractivity contribution in [3.63, 3.8) is 0 Å². The minimum absolute atomic E-state index is 0.193. The zero-order valence-corrected chi connectivity index (χ0v) is 8.52. The molecule has 0 fully saturated rings. The predicted molar refractivity (Wildman–Crippen MR) is 56.1 cm³/mol. The summed E-state index contributed by atoms with van der Waals surface area (Å²) < 4.78 is 0. The van der Waals surface area contributed by atoms with Crippen molar-refractivity contribution in [2.24, 2.45) is 9.98 Å². The van der Waals surface area contributed by atoms with Gasteiger partial charge < -0.3 is 0 Å². The van der Waals surface area contributed by atoms with Crippen LogP contribution in [0.15, 0.2) is 28.2 Å². The highest BCUT2D eigenvalue weighted by Gasteiger charge is 2.09. The van der Waals surface area contributed by atoms with E-state index in [1.54, 1.807) is 12.1 Å². The van der Waals surface area contributed by atoms with Gasteiger partial charge in [-0.2, -0.15) is 9.98 Å². The van der Waals surface area contributed by atoms with Gasteiger partial charge in [-0.25, -0.2) is 9.59 Å². The molecule has 1 aromatic carbocycles. The summed E-state index contributed by atoms with van der Waals surface area (Å²) in [5.74, 6) is 0.193. The van der Waals surface area contributed by atoms with Gasteiger partial charge in [0.05, 0.1) is 0 Å². The second-order valence-electron chi connectivity index (χ2n) is 3.28. The number of benzene rings is 1. The van der Waals surface area contributed by atoms with Crippen molar-refractivity contribution < 1.29 is 9.59 Å². The number of hydrogen-bond donors (Lipinski definition) is 0. The first-order valence-corrected chi connectivity index (χ1v) is 4.49. The lowest BCUT2D eigenvalue weighted by molar-refractivity contribution is 0.564. The Morgan fingerprint density at radius 2 is 1.80 bits per heavy atom. The second kappa shape index (κ2) is 5.01. The van der Waals surface area contributed by atoms with Gasteiger partial charge in [0.1, 0.15) is 11.4 Å². The molecular formula is C11H10N2O2. The Morgan fingerprint density at radius 1 is 1.13 bits per heavy atom. The van der Waals surface area contributed by atoms with E-state index in [0.29, 0.717) is 11.4 Å². The molecule has 76 valence electrons. The molecule has 0 N–H and O–H groups in total. The van der Waals surface area contributed by atoms with E-state index in [0.717, 1.165) is 5.56 Å². The summed E-state index contributed by atoms with van der Waals surface area (Å²) in [5, 5.41) is 0. The van der Waals surface area contributed by atoms with Crippen molar-refractivity contribution in [3.05, 3.63) is 23.8 Å². The maximum atomic E-state index is 10.3. The average Bonchev–Trinajstić information content (AvgIpc) is 2.21. The van der Waals surface area contributed by atoms with Crippen LogP contribution in [-0.4, -0.2) is 12.2 Å². The van der Waals surface area contributed by atoms with Gasteiger partial charge in [0.25, 0.3) is 0 Å². The first-order chi connectivity index (χ1) is 7.20. The zero-order valence-electron chi connectivity index (χ0n) is 8.52. The molecule has 0 spiro atoms. The molecule has 0 aliphatic rings. The number of rotatable bonds is 3. The van der Waals surface area contributed by atoms with Crippen LogP contribution in [0.2, 0.25) is 0 Å². The highest BCUT2D eigenvalue weighted by Crippen LogP contribution is 2.35. The topological polar surface area (TPSA) is 58.9 Å². The summed E-state index contributed by atoms with van der Waals surface area (Å²) in [4.78, 5) is 27.5. The fourth-order valence-corrected chi connectivity index (χ4v) is 1.32. The molecule has 0 saturated carbocycles. The molecule has 4 heteroatoms. The highest BCUT2D eigenvalue weighted by atomic mass is 16.1. The Balaban J connectivity index is 3.47. The third kappa shape index (κ3) is 2.47. The lowest BCUT2D eigenvalue weighted by Crippen LogP contribution is -1.87. The summed E-state index contributed by atoms with van der Waals surface area (Å²) in [6, 6.07) is 5.20. The summed E-state index contributed by atoms with van der Waals surface area (Å²) in [5.41, 5.74) is 1.60. The highest BCUT2D eigenvalue weighted by molar-refractivity contribution is 5.72. The third-order valence-corrected chi connectivity index (χ3v) is 1.99. The minimum atomic E-state index is 0.193. The van der Waals surface area contributed by atoms with Gasteiger partial charge in [-0.3, -0.25) is 0 Å². The van der Waals surface area contributed by atoms with Crippen LogP contribution in [0.25, 0.3) is 0 Å². The summed E-state index contributed by atoms with van der Waals surface area (Å²) in [6.07, 6.45) is 2.90. The van der Waals surface area contributed by atoms with Crippen LogP contribution in [0.1, 0.15) is 25.3 Å². The zero-order chi connectivity index (χ0) is 11.3. The van der Waals surface area contributed by atoms with Crippen LogP contribution in [0, 0.1) is 0 Å². The molecule has 0 aliphatic heterocycles. The number of aliphatic imine (C=N–C) groups is 2. The van der Waals surface area contributed by atoms with Crippen molar-refractivity contribution in [1.29, 1.82) is 0 Å². The second-order valence-corrected chi connectivity index (χ2v) is 3.28. The van der Waals surface area contributed by atoms with E-state index >= 15 is 0 Å². The molecule has 0 atom stereocenters. The molecule has 0 aliphatic carbocycles. The van der Waals surface area contributed by atoms with Gasteiger partial charge in [0, 0.05) is 0 Å². The van der Waals surface area contributed by atoms with Gasteiger partial charge in [-0.05, 0) is 17.5 Å². The fraction of sp³-hybridized carbons (Fsp3) is 0.273. The average molecular weight is 202 g/mol. The summed E-state index contributed by atoms with van der Waals surface area (Å²) in [6.45, 7) is 3.93. The Bertz CT molecular complexity index is 454. The Kier molecular flexibility index (Phi) is 3.69. The molecule has 0 heterocycles. The van der Waals surface area contributed by atoms with Crippen molar-refractivity contribution in [1.82, 2.24) is 0 Å². The maximum absolute atomic E-state index is 10.3.